The Morgan fingerprint density at radius 1 is 1.43 bits per heavy atom. The summed E-state index contributed by atoms with van der Waals surface area (Å²) < 4.78 is 28.8. The van der Waals surface area contributed by atoms with Gasteiger partial charge in [-0.1, -0.05) is 0 Å². The summed E-state index contributed by atoms with van der Waals surface area (Å²) >= 11 is 7.33. The van der Waals surface area contributed by atoms with Crippen molar-refractivity contribution in [2.75, 3.05) is 24.9 Å². The largest absolute Gasteiger partial charge is 0.268 e. The highest BCUT2D eigenvalue weighted by atomic mass is 35.5. The summed E-state index contributed by atoms with van der Waals surface area (Å²) in [4.78, 5) is 0.326. The summed E-state index contributed by atoms with van der Waals surface area (Å²) in [5.74, 6) is 1.29. The maximum Gasteiger partial charge on any atom is 0.246 e. The van der Waals surface area contributed by atoms with E-state index in [1.165, 1.54) is 4.31 Å². The Bertz CT molecular complexity index is 572. The number of halogens is 1. The molecule has 1 aromatic heterocycles. The van der Waals surface area contributed by atoms with Gasteiger partial charge in [0.15, 0.2) is 0 Å². The minimum Gasteiger partial charge on any atom is -0.268 e. The van der Waals surface area contributed by atoms with Crippen LogP contribution in [0.1, 0.15) is 24.7 Å². The maximum absolute atomic E-state index is 12.8. The molecule has 0 aliphatic rings. The molecule has 0 aromatic carbocycles. The summed E-state index contributed by atoms with van der Waals surface area (Å²) in [6.07, 6.45) is 2.74. The lowest BCUT2D eigenvalue weighted by atomic mass is 10.4. The molecule has 0 fully saturated rings. The van der Waals surface area contributed by atoms with Crippen LogP contribution in [0.5, 0.6) is 0 Å². The first kappa shape index (κ1) is 18.8. The molecule has 1 atom stereocenters. The highest BCUT2D eigenvalue weighted by Crippen LogP contribution is 2.24. The average Bonchev–Trinajstić information content (AvgIpc) is 2.70. The number of aromatic nitrogens is 2. The first-order chi connectivity index (χ1) is 9.77. The molecule has 1 rings (SSSR count). The first-order valence-corrected chi connectivity index (χ1v) is 10.2. The molecule has 1 unspecified atom stereocenters. The molecule has 0 amide bonds. The lowest BCUT2D eigenvalue weighted by Gasteiger charge is -2.23. The highest BCUT2D eigenvalue weighted by Gasteiger charge is 2.31. The van der Waals surface area contributed by atoms with Crippen molar-refractivity contribution in [3.05, 3.63) is 11.4 Å². The molecule has 0 spiro atoms. The Morgan fingerprint density at radius 3 is 2.57 bits per heavy atom. The Labute approximate surface area is 137 Å². The monoisotopic (exact) mass is 353 g/mol. The second kappa shape index (κ2) is 7.85. The normalized spacial score (nSPS) is 13.9. The van der Waals surface area contributed by atoms with Gasteiger partial charge in [-0.05, 0) is 33.4 Å². The highest BCUT2D eigenvalue weighted by molar-refractivity contribution is 7.98. The van der Waals surface area contributed by atoms with Gasteiger partial charge in [-0.25, -0.2) is 8.42 Å². The molecular formula is C13H24ClN3O2S2. The summed E-state index contributed by atoms with van der Waals surface area (Å²) in [5, 5.41) is 4.35. The van der Waals surface area contributed by atoms with Gasteiger partial charge in [-0.2, -0.15) is 21.2 Å². The molecule has 5 nitrogen and oxygen atoms in total. The topological polar surface area (TPSA) is 55.2 Å². The number of hydrogen-bond donors (Lipinski definition) is 0. The van der Waals surface area contributed by atoms with Gasteiger partial charge in [0, 0.05) is 31.3 Å². The Morgan fingerprint density at radius 2 is 2.05 bits per heavy atom. The van der Waals surface area contributed by atoms with Gasteiger partial charge < -0.3 is 0 Å². The lowest BCUT2D eigenvalue weighted by molar-refractivity contribution is 0.414. The average molecular weight is 354 g/mol. The summed E-state index contributed by atoms with van der Waals surface area (Å²) in [6, 6.07) is -0.0602. The molecule has 0 bridgehead atoms. The van der Waals surface area contributed by atoms with E-state index >= 15 is 0 Å². The van der Waals surface area contributed by atoms with Gasteiger partial charge in [0.25, 0.3) is 0 Å². The fourth-order valence-corrected chi connectivity index (χ4v) is 4.86. The molecule has 0 aliphatic heterocycles. The number of nitrogens with zero attached hydrogens (tertiary/aromatic N) is 3. The Kier molecular flexibility index (Phi) is 7.03. The van der Waals surface area contributed by atoms with Crippen LogP contribution < -0.4 is 0 Å². The molecule has 0 N–H and O–H groups in total. The Balaban J connectivity index is 3.17. The maximum atomic E-state index is 12.8. The van der Waals surface area contributed by atoms with Crippen molar-refractivity contribution >= 4 is 33.4 Å². The predicted octanol–water partition coefficient (Wildman–Crippen LogP) is 2.50. The van der Waals surface area contributed by atoms with Crippen molar-refractivity contribution in [1.29, 1.82) is 0 Å². The summed E-state index contributed by atoms with van der Waals surface area (Å²) in [7, 11) is -1.89. The van der Waals surface area contributed by atoms with E-state index in [9.17, 15) is 8.42 Å². The fraction of sp³-hybridized carbons (Fsp3) is 0.769. The molecule has 21 heavy (non-hydrogen) atoms. The molecule has 0 aliphatic carbocycles. The molecule has 1 aromatic rings. The van der Waals surface area contributed by atoms with Crippen molar-refractivity contribution in [1.82, 2.24) is 14.1 Å². The summed E-state index contributed by atoms with van der Waals surface area (Å²) in [6.45, 7) is 6.09. The van der Waals surface area contributed by atoms with E-state index in [0.29, 0.717) is 28.7 Å². The number of sulfonamides is 1. The third-order valence-corrected chi connectivity index (χ3v) is 6.79. The van der Waals surface area contributed by atoms with Crippen molar-refractivity contribution < 1.29 is 8.42 Å². The zero-order valence-electron chi connectivity index (χ0n) is 13.3. The van der Waals surface area contributed by atoms with Gasteiger partial charge in [-0.3, -0.25) is 4.68 Å². The van der Waals surface area contributed by atoms with Gasteiger partial charge in [-0.15, -0.1) is 11.6 Å². The second-order valence-electron chi connectivity index (χ2n) is 5.09. The SMILES string of the molecule is CSCC(C)N(C)S(=O)(=O)c1c(C)nn(CCCCl)c1C. The number of alkyl halides is 1. The van der Waals surface area contributed by atoms with Crippen LogP contribution in [0.15, 0.2) is 4.90 Å². The zero-order chi connectivity index (χ0) is 16.2. The standard InChI is InChI=1S/C13H24ClN3O2S2/c1-10(9-20-5)16(4)21(18,19)13-11(2)15-17(12(13)3)8-6-7-14/h10H,6-9H2,1-5H3. The van der Waals surface area contributed by atoms with E-state index in [-0.39, 0.29) is 6.04 Å². The minimum absolute atomic E-state index is 0.0602. The van der Waals surface area contributed by atoms with E-state index in [2.05, 4.69) is 5.10 Å². The fourth-order valence-electron chi connectivity index (χ4n) is 2.21. The lowest BCUT2D eigenvalue weighted by Crippen LogP contribution is -2.37. The van der Waals surface area contributed by atoms with Crippen LogP contribution in [0.3, 0.4) is 0 Å². The smallest absolute Gasteiger partial charge is 0.246 e. The number of aryl methyl sites for hydroxylation is 2. The van der Waals surface area contributed by atoms with Crippen LogP contribution in [0.4, 0.5) is 0 Å². The van der Waals surface area contributed by atoms with Crippen LogP contribution in [0, 0.1) is 13.8 Å². The molecule has 122 valence electrons. The van der Waals surface area contributed by atoms with E-state index in [0.717, 1.165) is 12.2 Å². The number of rotatable bonds is 8. The molecule has 8 heteroatoms. The van der Waals surface area contributed by atoms with E-state index in [4.69, 9.17) is 11.6 Å². The van der Waals surface area contributed by atoms with Crippen LogP contribution in [0.2, 0.25) is 0 Å². The Hall–Kier alpha value is -0.240. The van der Waals surface area contributed by atoms with E-state index < -0.39 is 10.0 Å². The van der Waals surface area contributed by atoms with Gasteiger partial charge in [0.1, 0.15) is 4.90 Å². The van der Waals surface area contributed by atoms with Crippen LogP contribution >= 0.6 is 23.4 Å². The first-order valence-electron chi connectivity index (χ1n) is 6.84. The molecule has 0 radical (unpaired) electrons. The van der Waals surface area contributed by atoms with Crippen molar-refractivity contribution in [3.8, 4) is 0 Å². The van der Waals surface area contributed by atoms with E-state index in [1.54, 1.807) is 37.3 Å². The quantitative estimate of drug-likeness (QED) is 0.674. The molecule has 0 saturated heterocycles. The van der Waals surface area contributed by atoms with Crippen LogP contribution in [-0.4, -0.2) is 53.5 Å². The van der Waals surface area contributed by atoms with Crippen molar-refractivity contribution in [3.63, 3.8) is 0 Å². The molecule has 0 saturated carbocycles. The number of hydrogen-bond acceptors (Lipinski definition) is 4. The van der Waals surface area contributed by atoms with Crippen LogP contribution in [-0.2, 0) is 16.6 Å². The third-order valence-electron chi connectivity index (χ3n) is 3.48. The van der Waals surface area contributed by atoms with Gasteiger partial charge >= 0.3 is 0 Å². The second-order valence-corrected chi connectivity index (χ2v) is 8.31. The van der Waals surface area contributed by atoms with Crippen molar-refractivity contribution in [2.24, 2.45) is 0 Å². The van der Waals surface area contributed by atoms with E-state index in [1.807, 2.05) is 13.2 Å². The minimum atomic E-state index is -3.52. The van der Waals surface area contributed by atoms with Gasteiger partial charge in [0.05, 0.1) is 11.4 Å². The third kappa shape index (κ3) is 4.15. The number of thioether (sulfide) groups is 1. The van der Waals surface area contributed by atoms with Crippen LogP contribution in [0.25, 0.3) is 0 Å². The predicted molar refractivity (Wildman–Crippen MR) is 89.8 cm³/mol. The van der Waals surface area contributed by atoms with Crippen molar-refractivity contribution in [2.45, 2.75) is 44.7 Å². The van der Waals surface area contributed by atoms with Gasteiger partial charge in [0.2, 0.25) is 10.0 Å². The molecular weight excluding hydrogens is 330 g/mol. The molecule has 1 heterocycles. The summed E-state index contributed by atoms with van der Waals surface area (Å²) in [5.41, 5.74) is 1.23. The zero-order valence-corrected chi connectivity index (χ0v) is 15.6.